The molecule has 0 aliphatic heterocycles. The van der Waals surface area contributed by atoms with E-state index >= 15 is 0 Å². The smallest absolute Gasteiger partial charge is 0.251 e. The summed E-state index contributed by atoms with van der Waals surface area (Å²) in [5, 5.41) is 12.2. The Morgan fingerprint density at radius 3 is 2.76 bits per heavy atom. The number of benzene rings is 1. The second-order valence-corrected chi connectivity index (χ2v) is 7.74. The first kappa shape index (κ1) is 21.5. The van der Waals surface area contributed by atoms with Gasteiger partial charge in [-0.2, -0.15) is 5.10 Å². The minimum atomic E-state index is -0.119. The van der Waals surface area contributed by atoms with Gasteiger partial charge < -0.3 is 15.4 Å². The van der Waals surface area contributed by atoms with Crippen LogP contribution in [-0.2, 0) is 11.3 Å². The molecule has 0 bridgehead atoms. The number of amides is 1. The molecule has 1 aromatic carbocycles. The molecule has 8 nitrogen and oxygen atoms in total. The maximum absolute atomic E-state index is 12.3. The van der Waals surface area contributed by atoms with Crippen LogP contribution in [0.4, 0.5) is 5.82 Å². The van der Waals surface area contributed by atoms with Gasteiger partial charge in [-0.05, 0) is 37.4 Å². The lowest BCUT2D eigenvalue weighted by molar-refractivity contribution is 0.0952. The summed E-state index contributed by atoms with van der Waals surface area (Å²) in [6, 6.07) is 7.25. The van der Waals surface area contributed by atoms with E-state index in [0.29, 0.717) is 43.6 Å². The Kier molecular flexibility index (Phi) is 7.84. The van der Waals surface area contributed by atoms with Crippen LogP contribution in [0.2, 0.25) is 0 Å². The zero-order valence-electron chi connectivity index (χ0n) is 16.3. The van der Waals surface area contributed by atoms with Gasteiger partial charge in [0.15, 0.2) is 10.8 Å². The molecule has 0 fully saturated rings. The van der Waals surface area contributed by atoms with Crippen LogP contribution in [0.1, 0.15) is 17.3 Å². The van der Waals surface area contributed by atoms with Crippen molar-refractivity contribution in [3.8, 4) is 0 Å². The first-order chi connectivity index (χ1) is 14.1. The SMILES string of the molecule is CCOCCNc1nc(SC)nc2c1cnn2CCNC(=O)c1ccc(Br)cc1. The predicted molar refractivity (Wildman–Crippen MR) is 119 cm³/mol. The van der Waals surface area contributed by atoms with Gasteiger partial charge in [0.25, 0.3) is 5.91 Å². The van der Waals surface area contributed by atoms with Crippen LogP contribution in [0.3, 0.4) is 0 Å². The number of anilines is 1. The number of carbonyl (C=O) groups is 1. The normalized spacial score (nSPS) is 11.0. The quantitative estimate of drug-likeness (QED) is 0.262. The molecule has 0 saturated heterocycles. The van der Waals surface area contributed by atoms with Gasteiger partial charge in [0, 0.05) is 29.7 Å². The molecule has 29 heavy (non-hydrogen) atoms. The molecule has 2 N–H and O–H groups in total. The number of hydrogen-bond donors (Lipinski definition) is 2. The van der Waals surface area contributed by atoms with Crippen LogP contribution in [0.15, 0.2) is 40.1 Å². The van der Waals surface area contributed by atoms with Crippen molar-refractivity contribution in [1.29, 1.82) is 0 Å². The summed E-state index contributed by atoms with van der Waals surface area (Å²) < 4.78 is 8.09. The lowest BCUT2D eigenvalue weighted by Gasteiger charge is -2.09. The summed E-state index contributed by atoms with van der Waals surface area (Å²) in [6.45, 7) is 4.86. The van der Waals surface area contributed by atoms with Crippen LogP contribution in [0.25, 0.3) is 11.0 Å². The minimum Gasteiger partial charge on any atom is -0.380 e. The van der Waals surface area contributed by atoms with E-state index < -0.39 is 0 Å². The van der Waals surface area contributed by atoms with Gasteiger partial charge >= 0.3 is 0 Å². The minimum absolute atomic E-state index is 0.119. The van der Waals surface area contributed by atoms with Crippen LogP contribution in [-0.4, -0.2) is 58.2 Å². The van der Waals surface area contributed by atoms with Crippen molar-refractivity contribution >= 4 is 50.5 Å². The third kappa shape index (κ3) is 5.68. The lowest BCUT2D eigenvalue weighted by Crippen LogP contribution is -2.27. The molecule has 0 unspecified atom stereocenters. The van der Waals surface area contributed by atoms with E-state index in [2.05, 4.69) is 41.6 Å². The first-order valence-electron chi connectivity index (χ1n) is 9.25. The van der Waals surface area contributed by atoms with E-state index in [1.165, 1.54) is 11.8 Å². The van der Waals surface area contributed by atoms with E-state index in [9.17, 15) is 4.79 Å². The summed E-state index contributed by atoms with van der Waals surface area (Å²) in [4.78, 5) is 21.4. The van der Waals surface area contributed by atoms with Gasteiger partial charge in [-0.25, -0.2) is 14.6 Å². The topological polar surface area (TPSA) is 94.0 Å². The highest BCUT2D eigenvalue weighted by molar-refractivity contribution is 9.10. The Labute approximate surface area is 182 Å². The van der Waals surface area contributed by atoms with Crippen molar-refractivity contribution in [2.75, 3.05) is 37.9 Å². The first-order valence-corrected chi connectivity index (χ1v) is 11.3. The summed E-state index contributed by atoms with van der Waals surface area (Å²) in [5.74, 6) is 0.621. The fourth-order valence-corrected chi connectivity index (χ4v) is 3.31. The zero-order chi connectivity index (χ0) is 20.6. The van der Waals surface area contributed by atoms with Crippen molar-refractivity contribution in [1.82, 2.24) is 25.1 Å². The Hall–Kier alpha value is -2.17. The number of hydrogen-bond acceptors (Lipinski definition) is 7. The van der Waals surface area contributed by atoms with E-state index in [-0.39, 0.29) is 5.91 Å². The highest BCUT2D eigenvalue weighted by Gasteiger charge is 2.13. The third-order valence-electron chi connectivity index (χ3n) is 4.12. The largest absolute Gasteiger partial charge is 0.380 e. The molecule has 2 heterocycles. The number of aromatic nitrogens is 4. The molecule has 0 radical (unpaired) electrons. The molecule has 0 aliphatic rings. The van der Waals surface area contributed by atoms with Crippen LogP contribution in [0, 0.1) is 0 Å². The highest BCUT2D eigenvalue weighted by atomic mass is 79.9. The standard InChI is InChI=1S/C19H23BrN6O2S/c1-3-28-11-9-21-16-15-12-23-26(17(15)25-19(24-16)29-2)10-8-22-18(27)13-4-6-14(20)7-5-13/h4-7,12H,3,8-11H2,1-2H3,(H,22,27)(H,21,24,25). The Morgan fingerprint density at radius 1 is 1.24 bits per heavy atom. The van der Waals surface area contributed by atoms with Crippen LogP contribution >= 0.6 is 27.7 Å². The van der Waals surface area contributed by atoms with E-state index in [1.807, 2.05) is 25.3 Å². The van der Waals surface area contributed by atoms with Crippen molar-refractivity contribution in [3.05, 3.63) is 40.5 Å². The van der Waals surface area contributed by atoms with E-state index in [1.54, 1.807) is 23.0 Å². The van der Waals surface area contributed by atoms with E-state index in [0.717, 1.165) is 21.3 Å². The van der Waals surface area contributed by atoms with Crippen molar-refractivity contribution < 1.29 is 9.53 Å². The maximum atomic E-state index is 12.3. The molecule has 2 aromatic heterocycles. The molecule has 0 aliphatic carbocycles. The maximum Gasteiger partial charge on any atom is 0.251 e. The average molecular weight is 479 g/mol. The Balaban J connectivity index is 1.67. The molecule has 3 rings (SSSR count). The van der Waals surface area contributed by atoms with Gasteiger partial charge in [0.05, 0.1) is 24.7 Å². The van der Waals surface area contributed by atoms with Gasteiger partial charge in [0.2, 0.25) is 0 Å². The second-order valence-electron chi connectivity index (χ2n) is 6.05. The number of thioether (sulfide) groups is 1. The summed E-state index contributed by atoms with van der Waals surface area (Å²) in [5.41, 5.74) is 1.35. The summed E-state index contributed by atoms with van der Waals surface area (Å²) >= 11 is 4.84. The number of nitrogens with zero attached hydrogens (tertiary/aromatic N) is 4. The fraction of sp³-hybridized carbons (Fsp3) is 0.368. The summed E-state index contributed by atoms with van der Waals surface area (Å²) in [7, 11) is 0. The van der Waals surface area contributed by atoms with Crippen molar-refractivity contribution in [2.24, 2.45) is 0 Å². The van der Waals surface area contributed by atoms with Gasteiger partial charge in [-0.3, -0.25) is 4.79 Å². The van der Waals surface area contributed by atoms with Crippen LogP contribution in [0.5, 0.6) is 0 Å². The monoisotopic (exact) mass is 478 g/mol. The Bertz CT molecular complexity index is 963. The van der Waals surface area contributed by atoms with Crippen molar-refractivity contribution in [3.63, 3.8) is 0 Å². The van der Waals surface area contributed by atoms with Gasteiger partial charge in [-0.15, -0.1) is 0 Å². The fourth-order valence-electron chi connectivity index (χ4n) is 2.69. The second kappa shape index (κ2) is 10.6. The molecule has 10 heteroatoms. The lowest BCUT2D eigenvalue weighted by atomic mass is 10.2. The molecule has 154 valence electrons. The molecular formula is C19H23BrN6O2S. The molecular weight excluding hydrogens is 456 g/mol. The molecule has 1 amide bonds. The number of carbonyl (C=O) groups excluding carboxylic acids is 1. The zero-order valence-corrected chi connectivity index (χ0v) is 18.7. The summed E-state index contributed by atoms with van der Waals surface area (Å²) in [6.07, 6.45) is 3.68. The average Bonchev–Trinajstić information content (AvgIpc) is 3.14. The number of fused-ring (bicyclic) bond motifs is 1. The molecule has 0 spiro atoms. The van der Waals surface area contributed by atoms with Crippen LogP contribution < -0.4 is 10.6 Å². The van der Waals surface area contributed by atoms with Gasteiger partial charge in [-0.1, -0.05) is 27.7 Å². The van der Waals surface area contributed by atoms with E-state index in [4.69, 9.17) is 4.74 Å². The molecule has 3 aromatic rings. The highest BCUT2D eigenvalue weighted by Crippen LogP contribution is 2.23. The number of halogens is 1. The number of ether oxygens (including phenoxy) is 1. The third-order valence-corrected chi connectivity index (χ3v) is 5.19. The molecule has 0 saturated carbocycles. The van der Waals surface area contributed by atoms with Crippen molar-refractivity contribution in [2.45, 2.75) is 18.6 Å². The number of rotatable bonds is 10. The number of nitrogens with one attached hydrogen (secondary N) is 2. The Morgan fingerprint density at radius 2 is 2.03 bits per heavy atom. The predicted octanol–water partition coefficient (Wildman–Crippen LogP) is 3.19. The molecule has 0 atom stereocenters. The van der Waals surface area contributed by atoms with Gasteiger partial charge in [0.1, 0.15) is 5.82 Å².